The molecular formula is C17H19Cl2N3O3S. The minimum absolute atomic E-state index is 0.148. The number of halogens is 2. The van der Waals surface area contributed by atoms with Gasteiger partial charge in [0.25, 0.3) is 0 Å². The SMILES string of the molecule is Cc1cc(NC(=O)C(C)SCC(=O)NCCc2cccc(Cl)c2Cl)no1. The third kappa shape index (κ3) is 6.23. The highest BCUT2D eigenvalue weighted by atomic mass is 35.5. The van der Waals surface area contributed by atoms with Crippen molar-refractivity contribution >= 4 is 52.6 Å². The predicted molar refractivity (Wildman–Crippen MR) is 105 cm³/mol. The number of nitrogens with one attached hydrogen (secondary N) is 2. The van der Waals surface area contributed by atoms with Crippen LogP contribution in [-0.2, 0) is 16.0 Å². The Morgan fingerprint density at radius 1 is 1.35 bits per heavy atom. The first kappa shape index (κ1) is 20.6. The minimum Gasteiger partial charge on any atom is -0.360 e. The van der Waals surface area contributed by atoms with Crippen molar-refractivity contribution in [1.82, 2.24) is 10.5 Å². The Hall–Kier alpha value is -1.70. The fourth-order valence-corrected chi connectivity index (χ4v) is 3.19. The van der Waals surface area contributed by atoms with Gasteiger partial charge in [-0.15, -0.1) is 11.8 Å². The van der Waals surface area contributed by atoms with Gasteiger partial charge < -0.3 is 15.2 Å². The van der Waals surface area contributed by atoms with E-state index in [1.165, 1.54) is 11.8 Å². The second kappa shape index (κ2) is 9.85. The summed E-state index contributed by atoms with van der Waals surface area (Å²) in [5, 5.41) is 9.74. The summed E-state index contributed by atoms with van der Waals surface area (Å²) < 4.78 is 4.89. The van der Waals surface area contributed by atoms with Crippen molar-refractivity contribution in [3.8, 4) is 0 Å². The molecule has 1 heterocycles. The highest BCUT2D eigenvalue weighted by Gasteiger charge is 2.16. The Morgan fingerprint density at radius 2 is 2.12 bits per heavy atom. The molecule has 1 unspecified atom stereocenters. The van der Waals surface area contributed by atoms with Crippen LogP contribution >= 0.6 is 35.0 Å². The van der Waals surface area contributed by atoms with Gasteiger partial charge in [-0.05, 0) is 31.9 Å². The number of carbonyl (C=O) groups is 2. The Labute approximate surface area is 166 Å². The lowest BCUT2D eigenvalue weighted by Gasteiger charge is -2.11. The van der Waals surface area contributed by atoms with Crippen LogP contribution in [0.4, 0.5) is 5.82 Å². The number of thioether (sulfide) groups is 1. The number of anilines is 1. The van der Waals surface area contributed by atoms with Crippen molar-refractivity contribution in [2.75, 3.05) is 17.6 Å². The summed E-state index contributed by atoms with van der Waals surface area (Å²) in [6.45, 7) is 3.91. The quantitative estimate of drug-likeness (QED) is 0.686. The van der Waals surface area contributed by atoms with E-state index >= 15 is 0 Å². The fourth-order valence-electron chi connectivity index (χ4n) is 2.06. The summed E-state index contributed by atoms with van der Waals surface area (Å²) in [5.74, 6) is 0.768. The molecule has 1 aromatic carbocycles. The van der Waals surface area contributed by atoms with E-state index in [1.54, 1.807) is 26.0 Å². The molecule has 9 heteroatoms. The molecule has 0 fully saturated rings. The number of hydrogen-bond acceptors (Lipinski definition) is 5. The first-order valence-electron chi connectivity index (χ1n) is 7.92. The summed E-state index contributed by atoms with van der Waals surface area (Å²) in [5.41, 5.74) is 0.878. The van der Waals surface area contributed by atoms with E-state index in [2.05, 4.69) is 15.8 Å². The molecule has 2 amide bonds. The molecule has 0 aliphatic heterocycles. The number of aromatic nitrogens is 1. The van der Waals surface area contributed by atoms with Gasteiger partial charge in [-0.25, -0.2) is 0 Å². The Kier molecular flexibility index (Phi) is 7.81. The largest absolute Gasteiger partial charge is 0.360 e. The van der Waals surface area contributed by atoms with Gasteiger partial charge in [0, 0.05) is 12.6 Å². The molecule has 140 valence electrons. The van der Waals surface area contributed by atoms with Crippen LogP contribution in [0.1, 0.15) is 18.2 Å². The Balaban J connectivity index is 1.69. The first-order chi connectivity index (χ1) is 12.4. The van der Waals surface area contributed by atoms with Crippen molar-refractivity contribution in [2.45, 2.75) is 25.5 Å². The van der Waals surface area contributed by atoms with Crippen LogP contribution in [-0.4, -0.2) is 34.5 Å². The molecule has 26 heavy (non-hydrogen) atoms. The van der Waals surface area contributed by atoms with Gasteiger partial charge in [-0.1, -0.05) is 40.5 Å². The van der Waals surface area contributed by atoms with Crippen molar-refractivity contribution in [3.05, 3.63) is 45.6 Å². The maximum Gasteiger partial charge on any atom is 0.238 e. The molecule has 0 radical (unpaired) electrons. The standard InChI is InChI=1S/C17H19Cl2N3O3S/c1-10-8-14(22-25-10)21-17(24)11(2)26-9-15(23)20-7-6-12-4-3-5-13(18)16(12)19/h3-5,8,11H,6-7,9H2,1-2H3,(H,20,23)(H,21,22,24). The van der Waals surface area contributed by atoms with Crippen molar-refractivity contribution in [3.63, 3.8) is 0 Å². The molecule has 0 bridgehead atoms. The lowest BCUT2D eigenvalue weighted by Crippen LogP contribution is -2.30. The Bertz CT molecular complexity index is 782. The molecule has 0 aliphatic carbocycles. The van der Waals surface area contributed by atoms with E-state index in [0.717, 1.165) is 5.56 Å². The molecule has 0 spiro atoms. The van der Waals surface area contributed by atoms with Gasteiger partial charge in [0.2, 0.25) is 11.8 Å². The van der Waals surface area contributed by atoms with E-state index in [0.29, 0.717) is 34.6 Å². The average Bonchev–Trinajstić information content (AvgIpc) is 3.01. The Morgan fingerprint density at radius 3 is 2.81 bits per heavy atom. The van der Waals surface area contributed by atoms with Gasteiger partial charge >= 0.3 is 0 Å². The third-order valence-electron chi connectivity index (χ3n) is 3.46. The number of benzene rings is 1. The molecule has 0 saturated heterocycles. The summed E-state index contributed by atoms with van der Waals surface area (Å²) in [4.78, 5) is 24.0. The predicted octanol–water partition coefficient (Wildman–Crippen LogP) is 3.71. The molecule has 6 nitrogen and oxygen atoms in total. The molecule has 2 N–H and O–H groups in total. The van der Waals surface area contributed by atoms with E-state index in [9.17, 15) is 9.59 Å². The maximum absolute atomic E-state index is 12.0. The van der Waals surface area contributed by atoms with Crippen LogP contribution in [0.2, 0.25) is 10.0 Å². The summed E-state index contributed by atoms with van der Waals surface area (Å²) in [7, 11) is 0. The first-order valence-corrected chi connectivity index (χ1v) is 9.72. The summed E-state index contributed by atoms with van der Waals surface area (Å²) in [6.07, 6.45) is 0.581. The zero-order chi connectivity index (χ0) is 19.1. The zero-order valence-electron chi connectivity index (χ0n) is 14.3. The zero-order valence-corrected chi connectivity index (χ0v) is 16.7. The molecule has 1 aromatic heterocycles. The lowest BCUT2D eigenvalue weighted by molar-refractivity contribution is -0.118. The smallest absolute Gasteiger partial charge is 0.238 e. The normalized spacial score (nSPS) is 11.8. The minimum atomic E-state index is -0.403. The van der Waals surface area contributed by atoms with Crippen LogP contribution in [0.5, 0.6) is 0 Å². The van der Waals surface area contributed by atoms with Gasteiger partial charge in [0.1, 0.15) is 5.76 Å². The summed E-state index contributed by atoms with van der Waals surface area (Å²) in [6, 6.07) is 7.03. The molecule has 2 aromatic rings. The van der Waals surface area contributed by atoms with E-state index in [4.69, 9.17) is 27.7 Å². The van der Waals surface area contributed by atoms with Crippen LogP contribution in [0.15, 0.2) is 28.8 Å². The maximum atomic E-state index is 12.0. The number of amides is 2. The van der Waals surface area contributed by atoms with Crippen LogP contribution in [0.3, 0.4) is 0 Å². The lowest BCUT2D eigenvalue weighted by atomic mass is 10.1. The van der Waals surface area contributed by atoms with E-state index < -0.39 is 5.25 Å². The molecule has 0 saturated carbocycles. The fraction of sp³-hybridized carbons (Fsp3) is 0.353. The van der Waals surface area contributed by atoms with Crippen LogP contribution in [0.25, 0.3) is 0 Å². The number of rotatable bonds is 8. The highest BCUT2D eigenvalue weighted by molar-refractivity contribution is 8.01. The molecule has 2 rings (SSSR count). The third-order valence-corrected chi connectivity index (χ3v) is 5.46. The number of nitrogens with zero attached hydrogens (tertiary/aromatic N) is 1. The molecular weight excluding hydrogens is 397 g/mol. The van der Waals surface area contributed by atoms with Crippen molar-refractivity contribution < 1.29 is 14.1 Å². The highest BCUT2D eigenvalue weighted by Crippen LogP contribution is 2.25. The van der Waals surface area contributed by atoms with Crippen LogP contribution < -0.4 is 10.6 Å². The van der Waals surface area contributed by atoms with Gasteiger partial charge in [-0.3, -0.25) is 9.59 Å². The van der Waals surface area contributed by atoms with E-state index in [-0.39, 0.29) is 17.6 Å². The number of hydrogen-bond donors (Lipinski definition) is 2. The number of aryl methyl sites for hydroxylation is 1. The van der Waals surface area contributed by atoms with Gasteiger partial charge in [0.15, 0.2) is 5.82 Å². The number of carbonyl (C=O) groups excluding carboxylic acids is 2. The summed E-state index contributed by atoms with van der Waals surface area (Å²) >= 11 is 13.3. The van der Waals surface area contributed by atoms with Gasteiger partial charge in [0.05, 0.1) is 21.0 Å². The van der Waals surface area contributed by atoms with E-state index in [1.807, 2.05) is 12.1 Å². The van der Waals surface area contributed by atoms with Gasteiger partial charge in [-0.2, -0.15) is 0 Å². The second-order valence-electron chi connectivity index (χ2n) is 5.58. The van der Waals surface area contributed by atoms with Crippen molar-refractivity contribution in [1.29, 1.82) is 0 Å². The second-order valence-corrected chi connectivity index (χ2v) is 7.69. The monoisotopic (exact) mass is 415 g/mol. The van der Waals surface area contributed by atoms with Crippen molar-refractivity contribution in [2.24, 2.45) is 0 Å². The van der Waals surface area contributed by atoms with Crippen LogP contribution in [0, 0.1) is 6.92 Å². The average molecular weight is 416 g/mol. The molecule has 0 aliphatic rings. The topological polar surface area (TPSA) is 84.2 Å². The molecule has 1 atom stereocenters.